The molecule has 0 radical (unpaired) electrons. The Morgan fingerprint density at radius 1 is 1.00 bits per heavy atom. The quantitative estimate of drug-likeness (QED) is 0.435. The summed E-state index contributed by atoms with van der Waals surface area (Å²) in [5, 5.41) is 10.2. The molecule has 0 amide bonds. The second-order valence-electron chi connectivity index (χ2n) is 13.5. The molecule has 2 saturated carbocycles. The standard InChI is InChI=1S/C30H48O2/c1-20(2)10-8-11-21(26(31)32)22-14-18-30(7)24-12-13-25-27(3,4)16-9-17-28(25,5)23(24)15-19-29(22,30)6/h10,21-22,25H,8-9,11-19H2,1-7H3,(H,31,32)/t21-,22-,25+,28-,29-,30+/m1/s1. The topological polar surface area (TPSA) is 37.3 Å². The second-order valence-corrected chi connectivity index (χ2v) is 13.5. The zero-order valence-electron chi connectivity index (χ0n) is 21.9. The number of carbonyl (C=O) groups is 1. The first-order valence-electron chi connectivity index (χ1n) is 13.5. The minimum atomic E-state index is -0.563. The van der Waals surface area contributed by atoms with Crippen LogP contribution in [0.15, 0.2) is 22.8 Å². The maximum atomic E-state index is 12.4. The van der Waals surface area contributed by atoms with Gasteiger partial charge < -0.3 is 5.11 Å². The molecule has 180 valence electrons. The molecule has 32 heavy (non-hydrogen) atoms. The van der Waals surface area contributed by atoms with Gasteiger partial charge >= 0.3 is 5.97 Å². The van der Waals surface area contributed by atoms with Gasteiger partial charge in [-0.25, -0.2) is 0 Å². The molecule has 0 aromatic carbocycles. The Kier molecular flexibility index (Phi) is 6.04. The van der Waals surface area contributed by atoms with Crippen molar-refractivity contribution in [1.29, 1.82) is 0 Å². The third-order valence-corrected chi connectivity index (χ3v) is 11.4. The maximum absolute atomic E-state index is 12.4. The molecule has 0 saturated heterocycles. The predicted octanol–water partition coefficient (Wildman–Crippen LogP) is 8.57. The van der Waals surface area contributed by atoms with Crippen LogP contribution in [0, 0.1) is 39.4 Å². The van der Waals surface area contributed by atoms with E-state index < -0.39 is 5.97 Å². The lowest BCUT2D eigenvalue weighted by atomic mass is 9.43. The van der Waals surface area contributed by atoms with E-state index >= 15 is 0 Å². The molecule has 6 atom stereocenters. The van der Waals surface area contributed by atoms with Gasteiger partial charge in [0.15, 0.2) is 0 Å². The zero-order valence-corrected chi connectivity index (χ0v) is 21.9. The molecule has 0 bridgehead atoms. The first kappa shape index (κ1) is 24.1. The molecule has 0 aromatic heterocycles. The second kappa shape index (κ2) is 8.02. The highest BCUT2D eigenvalue weighted by Crippen LogP contribution is 2.72. The van der Waals surface area contributed by atoms with Gasteiger partial charge in [0.2, 0.25) is 0 Å². The number of fused-ring (bicyclic) bond motifs is 4. The summed E-state index contributed by atoms with van der Waals surface area (Å²) in [5.74, 6) is 0.341. The van der Waals surface area contributed by atoms with Gasteiger partial charge in [-0.15, -0.1) is 0 Å². The van der Waals surface area contributed by atoms with Crippen LogP contribution in [0.1, 0.15) is 119 Å². The van der Waals surface area contributed by atoms with E-state index in [0.717, 1.165) is 25.2 Å². The number of hydrogen-bond donors (Lipinski definition) is 1. The van der Waals surface area contributed by atoms with Gasteiger partial charge in [0, 0.05) is 0 Å². The number of carboxylic acid groups (broad SMARTS) is 1. The lowest BCUT2D eigenvalue weighted by Gasteiger charge is -2.61. The molecule has 0 heterocycles. The summed E-state index contributed by atoms with van der Waals surface area (Å²) in [6.07, 6.45) is 15.3. The number of hydrogen-bond acceptors (Lipinski definition) is 1. The Labute approximate surface area is 197 Å². The average molecular weight is 441 g/mol. The Bertz CT molecular complexity index is 828. The van der Waals surface area contributed by atoms with Crippen molar-refractivity contribution in [2.24, 2.45) is 39.4 Å². The lowest BCUT2D eigenvalue weighted by molar-refractivity contribution is -0.146. The van der Waals surface area contributed by atoms with Crippen LogP contribution >= 0.6 is 0 Å². The maximum Gasteiger partial charge on any atom is 0.306 e. The van der Waals surface area contributed by atoms with Gasteiger partial charge in [-0.2, -0.15) is 0 Å². The fourth-order valence-electron chi connectivity index (χ4n) is 9.51. The minimum absolute atomic E-state index is 0.118. The van der Waals surface area contributed by atoms with Crippen molar-refractivity contribution in [3.05, 3.63) is 22.8 Å². The van der Waals surface area contributed by atoms with E-state index in [9.17, 15) is 9.90 Å². The fourth-order valence-corrected chi connectivity index (χ4v) is 9.51. The molecule has 0 aliphatic heterocycles. The van der Waals surface area contributed by atoms with Crippen molar-refractivity contribution in [2.75, 3.05) is 0 Å². The molecule has 0 aromatic rings. The van der Waals surface area contributed by atoms with Crippen LogP contribution < -0.4 is 0 Å². The largest absolute Gasteiger partial charge is 0.481 e. The van der Waals surface area contributed by atoms with Crippen molar-refractivity contribution in [2.45, 2.75) is 119 Å². The molecule has 0 spiro atoms. The molecular formula is C30H48O2. The first-order valence-corrected chi connectivity index (χ1v) is 13.5. The third kappa shape index (κ3) is 3.45. The number of carboxylic acids is 1. The summed E-state index contributed by atoms with van der Waals surface area (Å²) in [6.45, 7) is 16.9. The Balaban J connectivity index is 1.69. The van der Waals surface area contributed by atoms with Crippen LogP contribution in [0.2, 0.25) is 0 Å². The van der Waals surface area contributed by atoms with Crippen molar-refractivity contribution >= 4 is 5.97 Å². The highest BCUT2D eigenvalue weighted by atomic mass is 16.4. The van der Waals surface area contributed by atoms with Crippen LogP contribution in [0.5, 0.6) is 0 Å². The Hall–Kier alpha value is -1.05. The summed E-state index contributed by atoms with van der Waals surface area (Å²) in [6, 6.07) is 0. The highest BCUT2D eigenvalue weighted by molar-refractivity contribution is 5.70. The van der Waals surface area contributed by atoms with E-state index in [1.807, 2.05) is 5.57 Å². The first-order chi connectivity index (χ1) is 14.9. The van der Waals surface area contributed by atoms with E-state index in [4.69, 9.17) is 0 Å². The number of rotatable bonds is 5. The molecule has 2 fully saturated rings. The molecule has 4 aliphatic carbocycles. The Morgan fingerprint density at radius 3 is 2.38 bits per heavy atom. The van der Waals surface area contributed by atoms with Crippen molar-refractivity contribution in [3.8, 4) is 0 Å². The molecule has 0 unspecified atom stereocenters. The number of aliphatic carboxylic acids is 1. The molecular weight excluding hydrogens is 392 g/mol. The molecule has 2 nitrogen and oxygen atoms in total. The normalized spacial score (nSPS) is 41.3. The summed E-state index contributed by atoms with van der Waals surface area (Å²) in [4.78, 5) is 12.4. The Morgan fingerprint density at radius 2 is 1.72 bits per heavy atom. The highest BCUT2D eigenvalue weighted by Gasteiger charge is 2.63. The van der Waals surface area contributed by atoms with Gasteiger partial charge in [0.25, 0.3) is 0 Å². The smallest absolute Gasteiger partial charge is 0.306 e. The molecule has 4 aliphatic rings. The monoisotopic (exact) mass is 440 g/mol. The van der Waals surface area contributed by atoms with Crippen LogP contribution in [0.4, 0.5) is 0 Å². The average Bonchev–Trinajstić information content (AvgIpc) is 2.96. The summed E-state index contributed by atoms with van der Waals surface area (Å²) < 4.78 is 0. The minimum Gasteiger partial charge on any atom is -0.481 e. The van der Waals surface area contributed by atoms with Crippen LogP contribution in [-0.4, -0.2) is 11.1 Å². The van der Waals surface area contributed by atoms with Crippen LogP contribution in [0.3, 0.4) is 0 Å². The number of allylic oxidation sites excluding steroid dienone is 4. The predicted molar refractivity (Wildman–Crippen MR) is 133 cm³/mol. The molecule has 1 N–H and O–H groups in total. The fraction of sp³-hybridized carbons (Fsp3) is 0.833. The van der Waals surface area contributed by atoms with Gasteiger partial charge in [-0.3, -0.25) is 4.79 Å². The van der Waals surface area contributed by atoms with Gasteiger partial charge in [-0.05, 0) is 112 Å². The van der Waals surface area contributed by atoms with Gasteiger partial charge in [-0.1, -0.05) is 63.8 Å². The summed E-state index contributed by atoms with van der Waals surface area (Å²) >= 11 is 0. The zero-order chi connectivity index (χ0) is 23.5. The van der Waals surface area contributed by atoms with Crippen molar-refractivity contribution in [1.82, 2.24) is 0 Å². The van der Waals surface area contributed by atoms with E-state index in [-0.39, 0.29) is 16.7 Å². The van der Waals surface area contributed by atoms with E-state index in [0.29, 0.717) is 16.7 Å². The van der Waals surface area contributed by atoms with Crippen molar-refractivity contribution in [3.63, 3.8) is 0 Å². The van der Waals surface area contributed by atoms with Crippen LogP contribution in [-0.2, 0) is 4.79 Å². The van der Waals surface area contributed by atoms with Crippen LogP contribution in [0.25, 0.3) is 0 Å². The molecule has 4 rings (SSSR count). The third-order valence-electron chi connectivity index (χ3n) is 11.4. The summed E-state index contributed by atoms with van der Waals surface area (Å²) in [7, 11) is 0. The van der Waals surface area contributed by atoms with Crippen molar-refractivity contribution < 1.29 is 9.90 Å². The van der Waals surface area contributed by atoms with E-state index in [1.54, 1.807) is 5.57 Å². The van der Waals surface area contributed by atoms with E-state index in [1.165, 1.54) is 56.9 Å². The lowest BCUT2D eigenvalue weighted by Crippen LogP contribution is -2.51. The SMILES string of the molecule is CC(C)=CCC[C@@H](C(=O)O)[C@H]1CC[C@@]2(C)C3=C(CC[C@]12C)[C@@]1(C)CCCC(C)(C)[C@@H]1CC3. The summed E-state index contributed by atoms with van der Waals surface area (Å²) in [5.41, 5.74) is 6.01. The van der Waals surface area contributed by atoms with E-state index in [2.05, 4.69) is 54.5 Å². The van der Waals surface area contributed by atoms with Gasteiger partial charge in [0.05, 0.1) is 5.92 Å². The van der Waals surface area contributed by atoms with Gasteiger partial charge in [0.1, 0.15) is 0 Å². The molecule has 2 heteroatoms.